The van der Waals surface area contributed by atoms with Gasteiger partial charge in [0.2, 0.25) is 5.95 Å². The molecule has 0 spiro atoms. The lowest BCUT2D eigenvalue weighted by atomic mass is 10.1. The first-order valence-electron chi connectivity index (χ1n) is 8.78. The fourth-order valence-electron chi connectivity index (χ4n) is 2.75. The summed E-state index contributed by atoms with van der Waals surface area (Å²) in [6, 6.07) is 7.45. The summed E-state index contributed by atoms with van der Waals surface area (Å²) in [4.78, 5) is 31.0. The SMILES string of the molecule is COc1ccc(/C(C)=N\Nc2nc3c(c(=O)[nH]c(=O)n3C)n2C/C=C(/C)Cl)cc1. The molecule has 0 fully saturated rings. The summed E-state index contributed by atoms with van der Waals surface area (Å²) in [5.74, 6) is 1.06. The molecule has 1 aromatic carbocycles. The van der Waals surface area contributed by atoms with Crippen molar-refractivity contribution in [2.45, 2.75) is 20.4 Å². The number of imidazole rings is 1. The number of ether oxygens (including phenoxy) is 1. The van der Waals surface area contributed by atoms with Crippen molar-refractivity contribution in [1.29, 1.82) is 0 Å². The summed E-state index contributed by atoms with van der Waals surface area (Å²) >= 11 is 5.95. The quantitative estimate of drug-likeness (QED) is 0.474. The molecule has 2 N–H and O–H groups in total. The van der Waals surface area contributed by atoms with Gasteiger partial charge in [0.1, 0.15) is 5.75 Å². The van der Waals surface area contributed by atoms with Crippen LogP contribution in [0.25, 0.3) is 11.2 Å². The number of benzene rings is 1. The fraction of sp³-hybridized carbons (Fsp3) is 0.263. The van der Waals surface area contributed by atoms with Crippen molar-refractivity contribution in [1.82, 2.24) is 19.1 Å². The van der Waals surface area contributed by atoms with Crippen LogP contribution in [0.15, 0.2) is 50.1 Å². The molecule has 0 unspecified atom stereocenters. The molecule has 2 heterocycles. The molecule has 152 valence electrons. The molecule has 2 aromatic heterocycles. The normalized spacial score (nSPS) is 12.4. The number of nitrogens with one attached hydrogen (secondary N) is 2. The van der Waals surface area contributed by atoms with E-state index in [2.05, 4.69) is 20.5 Å². The topological polar surface area (TPSA) is 106 Å². The lowest BCUT2D eigenvalue weighted by molar-refractivity contribution is 0.415. The smallest absolute Gasteiger partial charge is 0.329 e. The number of rotatable bonds is 6. The van der Waals surface area contributed by atoms with E-state index >= 15 is 0 Å². The van der Waals surface area contributed by atoms with Gasteiger partial charge in [0.05, 0.1) is 12.8 Å². The van der Waals surface area contributed by atoms with Crippen LogP contribution in [-0.2, 0) is 13.6 Å². The van der Waals surface area contributed by atoms with Crippen molar-refractivity contribution in [3.8, 4) is 5.75 Å². The van der Waals surface area contributed by atoms with E-state index in [1.807, 2.05) is 31.2 Å². The van der Waals surface area contributed by atoms with Gasteiger partial charge in [-0.3, -0.25) is 18.9 Å². The van der Waals surface area contributed by atoms with Crippen LogP contribution in [0.5, 0.6) is 5.75 Å². The van der Waals surface area contributed by atoms with E-state index in [0.29, 0.717) is 16.7 Å². The van der Waals surface area contributed by atoms with E-state index in [9.17, 15) is 9.59 Å². The first kappa shape index (κ1) is 20.4. The van der Waals surface area contributed by atoms with Crippen LogP contribution in [-0.4, -0.2) is 31.9 Å². The van der Waals surface area contributed by atoms with Crippen LogP contribution in [0.3, 0.4) is 0 Å². The lowest BCUT2D eigenvalue weighted by Crippen LogP contribution is -2.29. The van der Waals surface area contributed by atoms with Crippen molar-refractivity contribution < 1.29 is 4.74 Å². The Balaban J connectivity index is 2.05. The number of aryl methyl sites for hydroxylation is 1. The van der Waals surface area contributed by atoms with Gasteiger partial charge in [-0.05, 0) is 43.7 Å². The number of H-pyrrole nitrogens is 1. The molecular weight excluding hydrogens is 396 g/mol. The van der Waals surface area contributed by atoms with Gasteiger partial charge in [0.15, 0.2) is 11.2 Å². The molecule has 9 nitrogen and oxygen atoms in total. The summed E-state index contributed by atoms with van der Waals surface area (Å²) in [6.07, 6.45) is 1.73. The van der Waals surface area contributed by atoms with Crippen LogP contribution in [0.1, 0.15) is 19.4 Å². The van der Waals surface area contributed by atoms with Gasteiger partial charge in [-0.25, -0.2) is 10.2 Å². The zero-order valence-electron chi connectivity index (χ0n) is 16.5. The summed E-state index contributed by atoms with van der Waals surface area (Å²) < 4.78 is 8.05. The summed E-state index contributed by atoms with van der Waals surface area (Å²) in [7, 11) is 3.14. The molecular formula is C19H21ClN6O3. The Labute approximate surface area is 171 Å². The van der Waals surface area contributed by atoms with Crippen LogP contribution < -0.4 is 21.4 Å². The third kappa shape index (κ3) is 4.24. The molecule has 0 atom stereocenters. The Hall–Kier alpha value is -3.33. The average Bonchev–Trinajstić information content (AvgIpc) is 3.08. The Bertz CT molecular complexity index is 1210. The molecule has 3 rings (SSSR count). The molecule has 0 amide bonds. The number of allylic oxidation sites excluding steroid dienone is 2. The molecule has 10 heteroatoms. The van der Waals surface area contributed by atoms with E-state index in [1.165, 1.54) is 11.6 Å². The van der Waals surface area contributed by atoms with Gasteiger partial charge in [-0.2, -0.15) is 10.1 Å². The summed E-state index contributed by atoms with van der Waals surface area (Å²) in [6.45, 7) is 3.86. The number of halogens is 1. The number of fused-ring (bicyclic) bond motifs is 1. The highest BCUT2D eigenvalue weighted by molar-refractivity contribution is 6.29. The molecule has 0 aliphatic rings. The van der Waals surface area contributed by atoms with Crippen LogP contribution >= 0.6 is 11.6 Å². The first-order valence-corrected chi connectivity index (χ1v) is 9.16. The second kappa shape index (κ2) is 8.36. The molecule has 0 saturated carbocycles. The monoisotopic (exact) mass is 416 g/mol. The predicted octanol–water partition coefficient (Wildman–Crippen LogP) is 2.41. The maximum Gasteiger partial charge on any atom is 0.329 e. The van der Waals surface area contributed by atoms with E-state index in [1.54, 1.807) is 24.7 Å². The number of aromatic nitrogens is 4. The van der Waals surface area contributed by atoms with E-state index in [0.717, 1.165) is 11.3 Å². The number of aromatic amines is 1. The first-order chi connectivity index (χ1) is 13.8. The standard InChI is InChI=1S/C19H21ClN6O3/c1-11(20)9-10-26-15-16(25(3)19(28)22-17(15)27)21-18(26)24-23-12(2)13-5-7-14(29-4)8-6-13/h5-9H,10H2,1-4H3,(H,21,24)(H,22,27,28)/b11-9-,23-12-. The maximum atomic E-state index is 12.4. The lowest BCUT2D eigenvalue weighted by Gasteiger charge is -2.07. The zero-order valence-corrected chi connectivity index (χ0v) is 17.2. The van der Waals surface area contributed by atoms with Gasteiger partial charge >= 0.3 is 5.69 Å². The molecule has 0 radical (unpaired) electrons. The second-order valence-electron chi connectivity index (χ2n) is 6.36. The van der Waals surface area contributed by atoms with E-state index < -0.39 is 11.2 Å². The molecule has 0 aliphatic heterocycles. The van der Waals surface area contributed by atoms with Gasteiger partial charge < -0.3 is 4.74 Å². The number of hydrazone groups is 1. The predicted molar refractivity (Wildman–Crippen MR) is 114 cm³/mol. The second-order valence-corrected chi connectivity index (χ2v) is 6.96. The fourth-order valence-corrected chi connectivity index (χ4v) is 2.81. The van der Waals surface area contributed by atoms with Gasteiger partial charge in [0.25, 0.3) is 5.56 Å². The number of methoxy groups -OCH3 is 1. The van der Waals surface area contributed by atoms with Crippen molar-refractivity contribution in [3.05, 3.63) is 61.8 Å². The van der Waals surface area contributed by atoms with Crippen molar-refractivity contribution in [3.63, 3.8) is 0 Å². The van der Waals surface area contributed by atoms with E-state index in [4.69, 9.17) is 16.3 Å². The third-order valence-electron chi connectivity index (χ3n) is 4.39. The number of anilines is 1. The Morgan fingerprint density at radius 3 is 2.62 bits per heavy atom. The molecule has 0 aliphatic carbocycles. The van der Waals surface area contributed by atoms with Crippen molar-refractivity contribution in [2.75, 3.05) is 12.5 Å². The number of hydrogen-bond acceptors (Lipinski definition) is 6. The molecule has 3 aromatic rings. The van der Waals surface area contributed by atoms with Crippen molar-refractivity contribution in [2.24, 2.45) is 12.1 Å². The van der Waals surface area contributed by atoms with Crippen LogP contribution in [0.4, 0.5) is 5.95 Å². The highest BCUT2D eigenvalue weighted by Gasteiger charge is 2.16. The van der Waals surface area contributed by atoms with E-state index in [-0.39, 0.29) is 17.7 Å². The minimum absolute atomic E-state index is 0.249. The maximum absolute atomic E-state index is 12.4. The number of hydrogen-bond donors (Lipinski definition) is 2. The Morgan fingerprint density at radius 2 is 2.00 bits per heavy atom. The average molecular weight is 417 g/mol. The Kier molecular flexibility index (Phi) is 5.88. The minimum Gasteiger partial charge on any atom is -0.497 e. The van der Waals surface area contributed by atoms with Crippen LogP contribution in [0.2, 0.25) is 0 Å². The zero-order chi connectivity index (χ0) is 21.1. The highest BCUT2D eigenvalue weighted by Crippen LogP contribution is 2.17. The largest absolute Gasteiger partial charge is 0.497 e. The van der Waals surface area contributed by atoms with Crippen LogP contribution in [0, 0.1) is 0 Å². The molecule has 0 bridgehead atoms. The molecule has 29 heavy (non-hydrogen) atoms. The molecule has 0 saturated heterocycles. The summed E-state index contributed by atoms with van der Waals surface area (Å²) in [5, 5.41) is 4.94. The highest BCUT2D eigenvalue weighted by atomic mass is 35.5. The Morgan fingerprint density at radius 1 is 1.31 bits per heavy atom. The summed E-state index contributed by atoms with van der Waals surface area (Å²) in [5.41, 5.74) is 3.92. The number of nitrogens with zero attached hydrogens (tertiary/aromatic N) is 4. The van der Waals surface area contributed by atoms with Crippen molar-refractivity contribution >= 4 is 34.4 Å². The minimum atomic E-state index is -0.541. The van der Waals surface area contributed by atoms with Gasteiger partial charge in [0, 0.05) is 18.6 Å². The third-order valence-corrected chi connectivity index (χ3v) is 4.55. The van der Waals surface area contributed by atoms with Gasteiger partial charge in [-0.1, -0.05) is 17.7 Å². The van der Waals surface area contributed by atoms with Gasteiger partial charge in [-0.15, -0.1) is 0 Å².